The van der Waals surface area contributed by atoms with Crippen LogP contribution in [0.25, 0.3) is 11.2 Å². The fraction of sp³-hybridized carbons (Fsp3) is 0.533. The number of hydrogen-bond acceptors (Lipinski definition) is 5. The van der Waals surface area contributed by atoms with E-state index in [4.69, 9.17) is 4.74 Å². The summed E-state index contributed by atoms with van der Waals surface area (Å²) in [4.78, 5) is 15.6. The fourth-order valence-electron chi connectivity index (χ4n) is 2.70. The summed E-state index contributed by atoms with van der Waals surface area (Å²) in [6.45, 7) is 6.90. The maximum Gasteiger partial charge on any atom is 0.180 e. The van der Waals surface area contributed by atoms with E-state index in [1.54, 1.807) is 12.4 Å². The van der Waals surface area contributed by atoms with Gasteiger partial charge in [0, 0.05) is 18.9 Å². The molecule has 3 rings (SSSR count). The smallest absolute Gasteiger partial charge is 0.180 e. The lowest BCUT2D eigenvalue weighted by atomic mass is 10.0. The molecule has 0 aliphatic carbocycles. The van der Waals surface area contributed by atoms with E-state index >= 15 is 0 Å². The zero-order valence-electron chi connectivity index (χ0n) is 12.0. The summed E-state index contributed by atoms with van der Waals surface area (Å²) in [5.41, 5.74) is 1.55. The number of morpholine rings is 1. The number of nitrogens with zero attached hydrogens (tertiary/aromatic N) is 4. The summed E-state index contributed by atoms with van der Waals surface area (Å²) >= 11 is 0. The zero-order chi connectivity index (χ0) is 13.9. The van der Waals surface area contributed by atoms with Gasteiger partial charge in [-0.2, -0.15) is 0 Å². The van der Waals surface area contributed by atoms with Gasteiger partial charge in [0.1, 0.15) is 11.3 Å². The average Bonchev–Trinajstić information content (AvgIpc) is 2.47. The molecule has 1 unspecified atom stereocenters. The summed E-state index contributed by atoms with van der Waals surface area (Å²) in [7, 11) is 0. The van der Waals surface area contributed by atoms with Gasteiger partial charge in [-0.1, -0.05) is 13.8 Å². The topological polar surface area (TPSA) is 51.1 Å². The predicted molar refractivity (Wildman–Crippen MR) is 78.7 cm³/mol. The maximum atomic E-state index is 5.62. The van der Waals surface area contributed by atoms with Crippen LogP contribution in [0.15, 0.2) is 24.5 Å². The van der Waals surface area contributed by atoms with Crippen LogP contribution in [-0.4, -0.2) is 40.8 Å². The Bertz CT molecular complexity index is 587. The molecule has 0 amide bonds. The Kier molecular flexibility index (Phi) is 3.78. The van der Waals surface area contributed by atoms with Gasteiger partial charge >= 0.3 is 0 Å². The van der Waals surface area contributed by atoms with Crippen LogP contribution < -0.4 is 4.90 Å². The zero-order valence-corrected chi connectivity index (χ0v) is 12.0. The predicted octanol–water partition coefficient (Wildman–Crippen LogP) is 2.28. The highest BCUT2D eigenvalue weighted by Crippen LogP contribution is 2.23. The number of ether oxygens (including phenoxy) is 1. The van der Waals surface area contributed by atoms with Crippen molar-refractivity contribution in [1.82, 2.24) is 15.0 Å². The van der Waals surface area contributed by atoms with Crippen LogP contribution in [0, 0.1) is 5.92 Å². The van der Waals surface area contributed by atoms with Crippen molar-refractivity contribution in [2.75, 3.05) is 24.7 Å². The molecular weight excluding hydrogens is 252 g/mol. The van der Waals surface area contributed by atoms with Gasteiger partial charge in [0.05, 0.1) is 19.3 Å². The molecule has 5 nitrogen and oxygen atoms in total. The second-order valence-electron chi connectivity index (χ2n) is 5.62. The van der Waals surface area contributed by atoms with E-state index in [0.29, 0.717) is 17.6 Å². The van der Waals surface area contributed by atoms with E-state index in [1.807, 2.05) is 12.1 Å². The standard InChI is InChI=1S/C15H20N4O/c1-11(2)9-12-10-20-8-7-19(12)14-4-3-13-15(18-14)17-6-5-16-13/h3-6,11-12H,7-10H2,1-2H3. The molecule has 0 bridgehead atoms. The van der Waals surface area contributed by atoms with Gasteiger partial charge in [-0.3, -0.25) is 4.98 Å². The number of pyridine rings is 1. The maximum absolute atomic E-state index is 5.62. The van der Waals surface area contributed by atoms with Crippen molar-refractivity contribution in [3.05, 3.63) is 24.5 Å². The molecule has 1 aliphatic rings. The van der Waals surface area contributed by atoms with Crippen LogP contribution in [0.5, 0.6) is 0 Å². The Morgan fingerprint density at radius 3 is 3.00 bits per heavy atom. The molecule has 0 radical (unpaired) electrons. The third-order valence-corrected chi connectivity index (χ3v) is 3.58. The van der Waals surface area contributed by atoms with E-state index in [2.05, 4.69) is 33.7 Å². The second kappa shape index (κ2) is 5.71. The SMILES string of the molecule is CC(C)CC1COCCN1c1ccc2nccnc2n1. The number of rotatable bonds is 3. The molecule has 0 spiro atoms. The third-order valence-electron chi connectivity index (χ3n) is 3.58. The molecule has 2 aromatic rings. The molecule has 1 atom stereocenters. The van der Waals surface area contributed by atoms with Gasteiger partial charge in [-0.15, -0.1) is 0 Å². The first-order valence-electron chi connectivity index (χ1n) is 7.16. The highest BCUT2D eigenvalue weighted by atomic mass is 16.5. The van der Waals surface area contributed by atoms with Crippen molar-refractivity contribution in [3.8, 4) is 0 Å². The van der Waals surface area contributed by atoms with Crippen molar-refractivity contribution in [2.24, 2.45) is 5.92 Å². The van der Waals surface area contributed by atoms with E-state index in [1.165, 1.54) is 0 Å². The normalized spacial score (nSPS) is 19.8. The molecule has 1 fully saturated rings. The minimum atomic E-state index is 0.394. The molecule has 106 valence electrons. The first-order chi connectivity index (χ1) is 9.74. The lowest BCUT2D eigenvalue weighted by Gasteiger charge is -2.37. The van der Waals surface area contributed by atoms with Crippen molar-refractivity contribution < 1.29 is 4.74 Å². The Labute approximate surface area is 119 Å². The molecule has 0 aromatic carbocycles. The summed E-state index contributed by atoms with van der Waals surface area (Å²) in [6, 6.07) is 4.42. The van der Waals surface area contributed by atoms with E-state index in [0.717, 1.165) is 37.5 Å². The second-order valence-corrected chi connectivity index (χ2v) is 5.62. The van der Waals surface area contributed by atoms with Crippen molar-refractivity contribution in [1.29, 1.82) is 0 Å². The summed E-state index contributed by atoms with van der Waals surface area (Å²) in [6.07, 6.45) is 4.49. The molecule has 5 heteroatoms. The minimum Gasteiger partial charge on any atom is -0.377 e. The monoisotopic (exact) mass is 272 g/mol. The number of anilines is 1. The molecule has 1 saturated heterocycles. The van der Waals surface area contributed by atoms with Crippen LogP contribution in [0.4, 0.5) is 5.82 Å². The molecule has 2 aromatic heterocycles. The van der Waals surface area contributed by atoms with Crippen molar-refractivity contribution in [3.63, 3.8) is 0 Å². The fourth-order valence-corrected chi connectivity index (χ4v) is 2.70. The highest BCUT2D eigenvalue weighted by molar-refractivity contribution is 5.71. The Morgan fingerprint density at radius 1 is 1.30 bits per heavy atom. The van der Waals surface area contributed by atoms with E-state index in [-0.39, 0.29) is 0 Å². The molecule has 3 heterocycles. The Balaban J connectivity index is 1.90. The van der Waals surface area contributed by atoms with Gasteiger partial charge < -0.3 is 9.64 Å². The first kappa shape index (κ1) is 13.2. The quantitative estimate of drug-likeness (QED) is 0.858. The molecule has 20 heavy (non-hydrogen) atoms. The minimum absolute atomic E-state index is 0.394. The van der Waals surface area contributed by atoms with Gasteiger partial charge in [-0.25, -0.2) is 9.97 Å². The number of hydrogen-bond donors (Lipinski definition) is 0. The number of aromatic nitrogens is 3. The van der Waals surface area contributed by atoms with Crippen LogP contribution in [0.1, 0.15) is 20.3 Å². The third kappa shape index (κ3) is 2.72. The van der Waals surface area contributed by atoms with Gasteiger partial charge in [0.25, 0.3) is 0 Å². The van der Waals surface area contributed by atoms with Crippen LogP contribution in [0.2, 0.25) is 0 Å². The van der Waals surface area contributed by atoms with Gasteiger partial charge in [0.15, 0.2) is 5.65 Å². The average molecular weight is 272 g/mol. The summed E-state index contributed by atoms with van der Waals surface area (Å²) in [5, 5.41) is 0. The summed E-state index contributed by atoms with van der Waals surface area (Å²) in [5.74, 6) is 1.62. The van der Waals surface area contributed by atoms with Crippen LogP contribution >= 0.6 is 0 Å². The highest BCUT2D eigenvalue weighted by Gasteiger charge is 2.25. The van der Waals surface area contributed by atoms with E-state index in [9.17, 15) is 0 Å². The van der Waals surface area contributed by atoms with Gasteiger partial charge in [0.2, 0.25) is 0 Å². The van der Waals surface area contributed by atoms with Gasteiger partial charge in [-0.05, 0) is 24.5 Å². The lowest BCUT2D eigenvalue weighted by Crippen LogP contribution is -2.46. The van der Waals surface area contributed by atoms with Crippen LogP contribution in [0.3, 0.4) is 0 Å². The molecule has 0 N–H and O–H groups in total. The Morgan fingerprint density at radius 2 is 2.15 bits per heavy atom. The summed E-state index contributed by atoms with van der Waals surface area (Å²) < 4.78 is 5.62. The molecular formula is C15H20N4O. The van der Waals surface area contributed by atoms with Crippen molar-refractivity contribution in [2.45, 2.75) is 26.3 Å². The lowest BCUT2D eigenvalue weighted by molar-refractivity contribution is 0.0874. The first-order valence-corrected chi connectivity index (χ1v) is 7.16. The van der Waals surface area contributed by atoms with Crippen LogP contribution in [-0.2, 0) is 4.74 Å². The Hall–Kier alpha value is -1.75. The number of fused-ring (bicyclic) bond motifs is 1. The molecule has 0 saturated carbocycles. The van der Waals surface area contributed by atoms with Crippen molar-refractivity contribution >= 4 is 17.0 Å². The molecule has 1 aliphatic heterocycles. The van der Waals surface area contributed by atoms with E-state index < -0.39 is 0 Å². The largest absolute Gasteiger partial charge is 0.377 e.